The first-order valence-corrected chi connectivity index (χ1v) is 11.1. The number of carbonyl (C=O) groups is 2. The number of hydrogen-bond donors (Lipinski definition) is 2. The first kappa shape index (κ1) is 23.4. The quantitative estimate of drug-likeness (QED) is 0.504. The van der Waals surface area contributed by atoms with Crippen molar-refractivity contribution in [2.45, 2.75) is 44.2 Å². The van der Waals surface area contributed by atoms with E-state index in [1.165, 1.54) is 30.0 Å². The van der Waals surface area contributed by atoms with Crippen LogP contribution in [-0.4, -0.2) is 34.2 Å². The van der Waals surface area contributed by atoms with Crippen LogP contribution in [0.3, 0.4) is 0 Å². The number of benzene rings is 2. The van der Waals surface area contributed by atoms with Crippen LogP contribution in [0.5, 0.6) is 5.75 Å². The molecule has 4 rings (SSSR count). The summed E-state index contributed by atoms with van der Waals surface area (Å²) in [6.07, 6.45) is 5.07. The molecule has 178 valence electrons. The second-order valence-electron chi connectivity index (χ2n) is 8.51. The maximum atomic E-state index is 14.5. The van der Waals surface area contributed by atoms with Crippen molar-refractivity contribution in [1.82, 2.24) is 20.4 Å². The van der Waals surface area contributed by atoms with Crippen LogP contribution in [-0.2, 0) is 22.6 Å². The third-order valence-corrected chi connectivity index (χ3v) is 6.05. The zero-order valence-electron chi connectivity index (χ0n) is 18.8. The minimum atomic E-state index is -0.674. The molecule has 1 aliphatic heterocycles. The molecule has 0 aliphatic carbocycles. The van der Waals surface area contributed by atoms with E-state index in [0.29, 0.717) is 42.7 Å². The van der Waals surface area contributed by atoms with Gasteiger partial charge in [-0.25, -0.2) is 13.5 Å². The van der Waals surface area contributed by atoms with Crippen molar-refractivity contribution in [1.29, 1.82) is 0 Å². The normalized spacial score (nSPS) is 17.4. The summed E-state index contributed by atoms with van der Waals surface area (Å²) in [5.41, 5.74) is 1.14. The molecule has 0 saturated carbocycles. The Kier molecular flexibility index (Phi) is 6.90. The Morgan fingerprint density at radius 3 is 2.82 bits per heavy atom. The second-order valence-corrected chi connectivity index (χ2v) is 8.51. The third kappa shape index (κ3) is 5.59. The lowest BCUT2D eigenvalue weighted by molar-refractivity contribution is -0.122. The van der Waals surface area contributed by atoms with Gasteiger partial charge in [0.1, 0.15) is 17.4 Å². The minimum Gasteiger partial charge on any atom is -0.497 e. The molecule has 9 heteroatoms. The van der Waals surface area contributed by atoms with Gasteiger partial charge in [0, 0.05) is 42.8 Å². The van der Waals surface area contributed by atoms with E-state index in [9.17, 15) is 18.4 Å². The van der Waals surface area contributed by atoms with E-state index in [4.69, 9.17) is 4.74 Å². The van der Waals surface area contributed by atoms with Crippen molar-refractivity contribution < 1.29 is 23.1 Å². The SMILES string of the molecule is COc1ccc(CC2(CCC(=O)NCc3cnn(-c4cccc(F)c4)c3)CCC(=O)N2)c(F)c1. The summed E-state index contributed by atoms with van der Waals surface area (Å²) in [5, 5.41) is 10.0. The van der Waals surface area contributed by atoms with Crippen LogP contribution in [0.15, 0.2) is 54.9 Å². The van der Waals surface area contributed by atoms with E-state index in [0.717, 1.165) is 5.56 Å². The highest BCUT2D eigenvalue weighted by molar-refractivity contribution is 5.80. The molecule has 0 spiro atoms. The highest BCUT2D eigenvalue weighted by atomic mass is 19.1. The van der Waals surface area contributed by atoms with Gasteiger partial charge >= 0.3 is 0 Å². The Labute approximate surface area is 196 Å². The van der Waals surface area contributed by atoms with Crippen molar-refractivity contribution >= 4 is 11.8 Å². The fourth-order valence-corrected chi connectivity index (χ4v) is 4.20. The van der Waals surface area contributed by atoms with Crippen molar-refractivity contribution in [2.75, 3.05) is 7.11 Å². The fourth-order valence-electron chi connectivity index (χ4n) is 4.20. The lowest BCUT2D eigenvalue weighted by Gasteiger charge is -2.29. The highest BCUT2D eigenvalue weighted by Crippen LogP contribution is 2.31. The number of halogens is 2. The summed E-state index contributed by atoms with van der Waals surface area (Å²) in [5.74, 6) is -0.621. The Bertz CT molecular complexity index is 1200. The summed E-state index contributed by atoms with van der Waals surface area (Å²) in [6.45, 7) is 0.265. The Balaban J connectivity index is 1.34. The number of methoxy groups -OCH3 is 1. The maximum Gasteiger partial charge on any atom is 0.220 e. The molecule has 1 aromatic heterocycles. The first-order valence-electron chi connectivity index (χ1n) is 11.1. The predicted octanol–water partition coefficient (Wildman–Crippen LogP) is 3.45. The number of amides is 2. The largest absolute Gasteiger partial charge is 0.497 e. The van der Waals surface area contributed by atoms with E-state index >= 15 is 0 Å². The van der Waals surface area contributed by atoms with E-state index in [1.807, 2.05) is 0 Å². The van der Waals surface area contributed by atoms with Crippen molar-refractivity contribution in [3.05, 3.63) is 77.6 Å². The summed E-state index contributed by atoms with van der Waals surface area (Å²) < 4.78 is 34.5. The van der Waals surface area contributed by atoms with Crippen LogP contribution in [0.25, 0.3) is 5.69 Å². The van der Waals surface area contributed by atoms with Gasteiger partial charge in [-0.15, -0.1) is 0 Å². The van der Waals surface area contributed by atoms with Gasteiger partial charge in [0.25, 0.3) is 0 Å². The number of carbonyl (C=O) groups excluding carboxylic acids is 2. The van der Waals surface area contributed by atoms with E-state index in [1.54, 1.807) is 36.7 Å². The van der Waals surface area contributed by atoms with E-state index in [-0.39, 0.29) is 30.6 Å². The number of ether oxygens (including phenoxy) is 1. The molecule has 2 amide bonds. The number of rotatable bonds is 9. The average molecular weight is 469 g/mol. The summed E-state index contributed by atoms with van der Waals surface area (Å²) in [7, 11) is 1.47. The molecule has 1 atom stereocenters. The molecule has 3 aromatic rings. The van der Waals surface area contributed by atoms with Gasteiger partial charge in [0.15, 0.2) is 0 Å². The maximum absolute atomic E-state index is 14.5. The van der Waals surface area contributed by atoms with Gasteiger partial charge in [0.2, 0.25) is 11.8 Å². The molecule has 2 aromatic carbocycles. The topological polar surface area (TPSA) is 85.2 Å². The van der Waals surface area contributed by atoms with Crippen molar-refractivity contribution in [3.63, 3.8) is 0 Å². The first-order chi connectivity index (χ1) is 16.4. The lowest BCUT2D eigenvalue weighted by Crippen LogP contribution is -2.44. The molecule has 2 heterocycles. The smallest absolute Gasteiger partial charge is 0.220 e. The summed E-state index contributed by atoms with van der Waals surface area (Å²) in [6, 6.07) is 10.7. The Morgan fingerprint density at radius 2 is 2.12 bits per heavy atom. The Hall–Kier alpha value is -3.75. The zero-order chi connectivity index (χ0) is 24.1. The molecular weight excluding hydrogens is 442 g/mol. The second kappa shape index (κ2) is 10.0. The summed E-state index contributed by atoms with van der Waals surface area (Å²) in [4.78, 5) is 24.5. The number of aromatic nitrogens is 2. The van der Waals surface area contributed by atoms with Crippen LogP contribution >= 0.6 is 0 Å². The van der Waals surface area contributed by atoms with Gasteiger partial charge in [-0.05, 0) is 49.1 Å². The van der Waals surface area contributed by atoms with Crippen molar-refractivity contribution in [3.8, 4) is 11.4 Å². The van der Waals surface area contributed by atoms with Gasteiger partial charge in [-0.1, -0.05) is 12.1 Å². The van der Waals surface area contributed by atoms with Gasteiger partial charge in [-0.2, -0.15) is 5.10 Å². The molecule has 1 fully saturated rings. The van der Waals surface area contributed by atoms with Gasteiger partial charge < -0.3 is 15.4 Å². The molecule has 1 unspecified atom stereocenters. The van der Waals surface area contributed by atoms with Crippen LogP contribution < -0.4 is 15.4 Å². The third-order valence-electron chi connectivity index (χ3n) is 6.05. The summed E-state index contributed by atoms with van der Waals surface area (Å²) >= 11 is 0. The van der Waals surface area contributed by atoms with Crippen molar-refractivity contribution in [2.24, 2.45) is 0 Å². The molecule has 2 N–H and O–H groups in total. The molecule has 7 nitrogen and oxygen atoms in total. The average Bonchev–Trinajstić information content (AvgIpc) is 3.45. The number of nitrogens with one attached hydrogen (secondary N) is 2. The zero-order valence-corrected chi connectivity index (χ0v) is 18.8. The van der Waals surface area contributed by atoms with E-state index in [2.05, 4.69) is 15.7 Å². The standard InChI is InChI=1S/C25H26F2N4O3/c1-34-21-6-5-18(22(27)12-21)13-25(10-8-24(33)30-25)9-7-23(32)28-14-17-15-29-31(16-17)20-4-2-3-19(26)11-20/h2-6,11-12,15-16H,7-10,13-14H2,1H3,(H,28,32)(H,30,33). The van der Waals surface area contributed by atoms with Gasteiger partial charge in [0.05, 0.1) is 19.0 Å². The molecule has 34 heavy (non-hydrogen) atoms. The molecule has 1 saturated heterocycles. The number of nitrogens with zero attached hydrogens (tertiary/aromatic N) is 2. The van der Waals surface area contributed by atoms with E-state index < -0.39 is 11.4 Å². The fraction of sp³-hybridized carbons (Fsp3) is 0.320. The molecule has 0 bridgehead atoms. The van der Waals surface area contributed by atoms with Crippen LogP contribution in [0.4, 0.5) is 8.78 Å². The molecule has 1 aliphatic rings. The molecule has 0 radical (unpaired) electrons. The van der Waals surface area contributed by atoms with Gasteiger partial charge in [-0.3, -0.25) is 9.59 Å². The monoisotopic (exact) mass is 468 g/mol. The van der Waals surface area contributed by atoms with Crippen LogP contribution in [0.2, 0.25) is 0 Å². The number of hydrogen-bond acceptors (Lipinski definition) is 4. The lowest BCUT2D eigenvalue weighted by atomic mass is 9.84. The minimum absolute atomic E-state index is 0.0981. The molecular formula is C25H26F2N4O3. The predicted molar refractivity (Wildman–Crippen MR) is 121 cm³/mol. The highest BCUT2D eigenvalue weighted by Gasteiger charge is 2.38. The Morgan fingerprint density at radius 1 is 1.26 bits per heavy atom. The van der Waals surface area contributed by atoms with Crippen LogP contribution in [0.1, 0.15) is 36.8 Å². The van der Waals surface area contributed by atoms with Crippen LogP contribution in [0, 0.1) is 11.6 Å².